The summed E-state index contributed by atoms with van der Waals surface area (Å²) in [5, 5.41) is 5.58. The molecule has 0 radical (unpaired) electrons. The monoisotopic (exact) mass is 487 g/mol. The van der Waals surface area contributed by atoms with Gasteiger partial charge >= 0.3 is 0 Å². The molecule has 0 aromatic heterocycles. The van der Waals surface area contributed by atoms with E-state index in [1.807, 2.05) is 30.3 Å². The average molecular weight is 488 g/mol. The summed E-state index contributed by atoms with van der Waals surface area (Å²) in [6.45, 7) is 1.33. The van der Waals surface area contributed by atoms with Crippen molar-refractivity contribution in [3.63, 3.8) is 0 Å². The number of methoxy groups -OCH3 is 1. The van der Waals surface area contributed by atoms with Gasteiger partial charge in [-0.15, -0.1) is 0 Å². The van der Waals surface area contributed by atoms with Crippen LogP contribution in [0.3, 0.4) is 0 Å². The van der Waals surface area contributed by atoms with Crippen molar-refractivity contribution in [2.75, 3.05) is 44.4 Å². The maximum Gasteiger partial charge on any atom is 0.253 e. The second kappa shape index (κ2) is 12.6. The Morgan fingerprint density at radius 2 is 1.82 bits per heavy atom. The van der Waals surface area contributed by atoms with Gasteiger partial charge in [0.25, 0.3) is 5.91 Å². The number of anilines is 1. The molecule has 8 nitrogen and oxygen atoms in total. The van der Waals surface area contributed by atoms with Crippen LogP contribution in [-0.4, -0.2) is 63.6 Å². The second-order valence-electron chi connectivity index (χ2n) is 8.39. The van der Waals surface area contributed by atoms with Crippen LogP contribution in [0.4, 0.5) is 5.69 Å². The molecular weight excluding hydrogens is 454 g/mol. The first kappa shape index (κ1) is 25.9. The summed E-state index contributed by atoms with van der Waals surface area (Å²) in [6, 6.07) is 16.6. The molecule has 1 fully saturated rings. The molecule has 1 aliphatic heterocycles. The number of nitrogens with zero attached hydrogens (tertiary/aromatic N) is 1. The molecule has 2 aromatic rings. The van der Waals surface area contributed by atoms with Crippen LogP contribution >= 0.6 is 0 Å². The highest BCUT2D eigenvalue weighted by Gasteiger charge is 2.32. The van der Waals surface area contributed by atoms with Crippen molar-refractivity contribution >= 4 is 27.5 Å². The van der Waals surface area contributed by atoms with E-state index in [0.29, 0.717) is 56.6 Å². The number of carbonyl (C=O) groups is 2. The van der Waals surface area contributed by atoms with E-state index in [1.165, 1.54) is 4.31 Å². The number of aryl methyl sites for hydroxylation is 1. The minimum atomic E-state index is -3.45. The zero-order valence-electron chi connectivity index (χ0n) is 19.5. The second-order valence-corrected chi connectivity index (χ2v) is 10.5. The van der Waals surface area contributed by atoms with E-state index >= 15 is 0 Å². The molecule has 1 heterocycles. The maximum atomic E-state index is 13.0. The molecular formula is C25H33N3O5S. The molecule has 2 N–H and O–H groups in total. The molecule has 2 amide bonds. The van der Waals surface area contributed by atoms with Crippen LogP contribution in [0.15, 0.2) is 54.6 Å². The number of hydrogen-bond donors (Lipinski definition) is 2. The summed E-state index contributed by atoms with van der Waals surface area (Å²) in [6.07, 6.45) is 2.45. The van der Waals surface area contributed by atoms with Gasteiger partial charge in [-0.3, -0.25) is 9.59 Å². The number of para-hydroxylation sites is 1. The van der Waals surface area contributed by atoms with Crippen molar-refractivity contribution in [2.45, 2.75) is 25.7 Å². The highest BCUT2D eigenvalue weighted by molar-refractivity contribution is 7.89. The Morgan fingerprint density at radius 3 is 2.59 bits per heavy atom. The topological polar surface area (TPSA) is 105 Å². The van der Waals surface area contributed by atoms with Crippen molar-refractivity contribution in [1.82, 2.24) is 9.62 Å². The number of nitrogens with one attached hydrogen (secondary N) is 2. The fourth-order valence-electron chi connectivity index (χ4n) is 4.03. The Bertz CT molecular complexity index is 1060. The SMILES string of the molecule is COCCNC(=O)c1ccccc1NC(=O)[C@H]1CCCN(S(=O)(=O)CCCc2ccccc2)C1. The predicted octanol–water partition coefficient (Wildman–Crippen LogP) is 2.68. The van der Waals surface area contributed by atoms with Crippen molar-refractivity contribution in [3.05, 3.63) is 65.7 Å². The minimum absolute atomic E-state index is 0.0563. The number of amides is 2. The van der Waals surface area contributed by atoms with Gasteiger partial charge in [-0.1, -0.05) is 42.5 Å². The molecule has 0 unspecified atom stereocenters. The predicted molar refractivity (Wildman–Crippen MR) is 132 cm³/mol. The van der Waals surface area contributed by atoms with Crippen LogP contribution in [0.25, 0.3) is 0 Å². The minimum Gasteiger partial charge on any atom is -0.383 e. The standard InChI is InChI=1S/C25H33N3O5S/c1-33-17-15-26-25(30)22-13-5-6-14-23(22)27-24(29)21-12-7-16-28(19-21)34(31,32)18-8-11-20-9-3-2-4-10-20/h2-6,9-10,13-14,21H,7-8,11-12,15-19H2,1H3,(H,26,30)(H,27,29)/t21-/m0/s1. The van der Waals surface area contributed by atoms with Crippen LogP contribution in [0.1, 0.15) is 35.2 Å². The van der Waals surface area contributed by atoms with Crippen LogP contribution in [-0.2, 0) is 26.0 Å². The number of sulfonamides is 1. The molecule has 34 heavy (non-hydrogen) atoms. The number of hydrogen-bond acceptors (Lipinski definition) is 5. The highest BCUT2D eigenvalue weighted by atomic mass is 32.2. The van der Waals surface area contributed by atoms with E-state index in [-0.39, 0.29) is 24.1 Å². The number of carbonyl (C=O) groups excluding carboxylic acids is 2. The normalized spacial score (nSPS) is 16.7. The van der Waals surface area contributed by atoms with Gasteiger partial charge in [0.2, 0.25) is 15.9 Å². The molecule has 2 aromatic carbocycles. The number of benzene rings is 2. The first-order valence-corrected chi connectivity index (χ1v) is 13.2. The fraction of sp³-hybridized carbons (Fsp3) is 0.440. The molecule has 0 saturated carbocycles. The Kier molecular flexibility index (Phi) is 9.62. The third-order valence-corrected chi connectivity index (χ3v) is 7.80. The summed E-state index contributed by atoms with van der Waals surface area (Å²) < 4.78 is 32.2. The van der Waals surface area contributed by atoms with Gasteiger partial charge in [0, 0.05) is 26.7 Å². The van der Waals surface area contributed by atoms with E-state index in [9.17, 15) is 18.0 Å². The maximum absolute atomic E-state index is 13.0. The van der Waals surface area contributed by atoms with E-state index in [0.717, 1.165) is 5.56 Å². The van der Waals surface area contributed by atoms with Crippen molar-refractivity contribution in [3.8, 4) is 0 Å². The lowest BCUT2D eigenvalue weighted by atomic mass is 9.98. The van der Waals surface area contributed by atoms with Crippen LogP contribution in [0, 0.1) is 5.92 Å². The molecule has 1 aliphatic rings. The summed E-state index contributed by atoms with van der Waals surface area (Å²) in [4.78, 5) is 25.5. The Balaban J connectivity index is 1.57. The molecule has 184 valence electrons. The van der Waals surface area contributed by atoms with Crippen LogP contribution in [0.2, 0.25) is 0 Å². The number of rotatable bonds is 11. The average Bonchev–Trinajstić information content (AvgIpc) is 2.85. The summed E-state index contributed by atoms with van der Waals surface area (Å²) >= 11 is 0. The quantitative estimate of drug-likeness (QED) is 0.474. The van der Waals surface area contributed by atoms with Crippen LogP contribution < -0.4 is 10.6 Å². The van der Waals surface area contributed by atoms with Crippen molar-refractivity contribution in [1.29, 1.82) is 0 Å². The fourth-order valence-corrected chi connectivity index (χ4v) is 5.61. The third-order valence-electron chi connectivity index (χ3n) is 5.88. The summed E-state index contributed by atoms with van der Waals surface area (Å²) in [5.74, 6) is -0.997. The zero-order valence-corrected chi connectivity index (χ0v) is 20.4. The lowest BCUT2D eigenvalue weighted by molar-refractivity contribution is -0.120. The number of piperidine rings is 1. The van der Waals surface area contributed by atoms with Gasteiger partial charge in [-0.05, 0) is 43.4 Å². The smallest absolute Gasteiger partial charge is 0.253 e. The molecule has 1 saturated heterocycles. The van der Waals surface area contributed by atoms with Gasteiger partial charge in [-0.2, -0.15) is 0 Å². The number of ether oxygens (including phenoxy) is 1. The lowest BCUT2D eigenvalue weighted by Crippen LogP contribution is -2.44. The van der Waals surface area contributed by atoms with Gasteiger partial charge in [-0.25, -0.2) is 12.7 Å². The molecule has 1 atom stereocenters. The third kappa shape index (κ3) is 7.38. The Hall–Kier alpha value is -2.75. The van der Waals surface area contributed by atoms with Gasteiger partial charge in [0.1, 0.15) is 0 Å². The van der Waals surface area contributed by atoms with Crippen LogP contribution in [0.5, 0.6) is 0 Å². The summed E-state index contributed by atoms with van der Waals surface area (Å²) in [7, 11) is -1.90. The Morgan fingerprint density at radius 1 is 1.09 bits per heavy atom. The molecule has 3 rings (SSSR count). The van der Waals surface area contributed by atoms with Gasteiger partial charge in [0.05, 0.1) is 29.5 Å². The van der Waals surface area contributed by atoms with E-state index in [2.05, 4.69) is 10.6 Å². The van der Waals surface area contributed by atoms with Crippen molar-refractivity contribution < 1.29 is 22.7 Å². The highest BCUT2D eigenvalue weighted by Crippen LogP contribution is 2.23. The van der Waals surface area contributed by atoms with E-state index in [1.54, 1.807) is 31.4 Å². The molecule has 0 spiro atoms. The van der Waals surface area contributed by atoms with Gasteiger partial charge < -0.3 is 15.4 Å². The first-order chi connectivity index (χ1) is 16.4. The lowest BCUT2D eigenvalue weighted by Gasteiger charge is -2.31. The molecule has 9 heteroatoms. The van der Waals surface area contributed by atoms with E-state index in [4.69, 9.17) is 4.74 Å². The molecule has 0 aliphatic carbocycles. The molecule has 0 bridgehead atoms. The van der Waals surface area contributed by atoms with E-state index < -0.39 is 15.9 Å². The first-order valence-electron chi connectivity index (χ1n) is 11.6. The zero-order chi connectivity index (χ0) is 24.4. The van der Waals surface area contributed by atoms with Crippen molar-refractivity contribution in [2.24, 2.45) is 5.92 Å². The Labute approximate surface area is 201 Å². The summed E-state index contributed by atoms with van der Waals surface area (Å²) in [5.41, 5.74) is 1.87. The van der Waals surface area contributed by atoms with Gasteiger partial charge in [0.15, 0.2) is 0 Å². The largest absolute Gasteiger partial charge is 0.383 e.